The van der Waals surface area contributed by atoms with Crippen molar-refractivity contribution in [1.82, 2.24) is 5.32 Å². The van der Waals surface area contributed by atoms with Crippen molar-refractivity contribution in [1.29, 1.82) is 0 Å². The van der Waals surface area contributed by atoms with E-state index in [0.29, 0.717) is 5.69 Å². The number of rotatable bonds is 2. The number of hydrogen-bond donors (Lipinski definition) is 1. The lowest BCUT2D eigenvalue weighted by Gasteiger charge is -2.29. The van der Waals surface area contributed by atoms with Crippen LogP contribution >= 0.6 is 0 Å². The van der Waals surface area contributed by atoms with Crippen LogP contribution < -0.4 is 5.32 Å². The smallest absolute Gasteiger partial charge is 0.240 e. The summed E-state index contributed by atoms with van der Waals surface area (Å²) in [4.78, 5) is 14.3. The van der Waals surface area contributed by atoms with Gasteiger partial charge in [-0.25, -0.2) is 4.79 Å². The zero-order valence-electron chi connectivity index (χ0n) is 12.7. The van der Waals surface area contributed by atoms with Gasteiger partial charge in [-0.2, -0.15) is 4.99 Å². The third kappa shape index (κ3) is 2.45. The normalized spacial score (nSPS) is 16.1. The summed E-state index contributed by atoms with van der Waals surface area (Å²) in [5, 5.41) is 3.40. The molecule has 1 heterocycles. The van der Waals surface area contributed by atoms with Crippen molar-refractivity contribution in [2.45, 2.75) is 40.5 Å². The van der Waals surface area contributed by atoms with Crippen LogP contribution in [0.2, 0.25) is 0 Å². The Bertz CT molecular complexity index is 638. The molecule has 1 N–H and O–H groups in total. The van der Waals surface area contributed by atoms with Crippen molar-refractivity contribution in [2.24, 2.45) is 4.99 Å². The minimum absolute atomic E-state index is 0.248. The number of dihydropyridines is 1. The van der Waals surface area contributed by atoms with Crippen molar-refractivity contribution < 1.29 is 4.79 Å². The number of allylic oxidation sites excluding steroid dienone is 4. The fourth-order valence-electron chi connectivity index (χ4n) is 2.71. The molecule has 0 amide bonds. The van der Waals surface area contributed by atoms with Crippen LogP contribution in [0.25, 0.3) is 0 Å². The van der Waals surface area contributed by atoms with Gasteiger partial charge in [0.15, 0.2) is 0 Å². The van der Waals surface area contributed by atoms with Crippen molar-refractivity contribution in [3.8, 4) is 0 Å². The topological polar surface area (TPSA) is 41.5 Å². The average molecular weight is 268 g/mol. The molecule has 0 bridgehead atoms. The number of nitrogens with one attached hydrogen (secondary N) is 1. The Hall–Kier alpha value is -2.12. The molecule has 0 atom stereocenters. The molecule has 0 unspecified atom stereocenters. The van der Waals surface area contributed by atoms with E-state index in [1.54, 1.807) is 6.08 Å². The van der Waals surface area contributed by atoms with Crippen molar-refractivity contribution in [3.05, 3.63) is 51.9 Å². The number of isocyanates is 1. The van der Waals surface area contributed by atoms with Gasteiger partial charge in [0.1, 0.15) is 0 Å². The van der Waals surface area contributed by atoms with E-state index in [2.05, 4.69) is 44.1 Å². The fraction of sp³-hybridized carbons (Fsp3) is 0.353. The molecule has 1 aliphatic heterocycles. The first-order valence-corrected chi connectivity index (χ1v) is 6.76. The van der Waals surface area contributed by atoms with Gasteiger partial charge >= 0.3 is 0 Å². The molecule has 3 nitrogen and oxygen atoms in total. The molecule has 20 heavy (non-hydrogen) atoms. The summed E-state index contributed by atoms with van der Waals surface area (Å²) in [6, 6.07) is 6.12. The maximum absolute atomic E-state index is 10.5. The van der Waals surface area contributed by atoms with Crippen LogP contribution in [-0.2, 0) is 4.79 Å². The van der Waals surface area contributed by atoms with Gasteiger partial charge in [-0.15, -0.1) is 0 Å². The maximum Gasteiger partial charge on any atom is 0.240 e. The molecule has 0 saturated carbocycles. The molecular weight excluding hydrogens is 248 g/mol. The quantitative estimate of drug-likeness (QED) is 0.644. The highest BCUT2D eigenvalue weighted by atomic mass is 16.1. The second-order valence-corrected chi connectivity index (χ2v) is 5.42. The standard InChI is InChI=1S/C17H20N2O/c1-10-6-7-15(8-16(10)18-9-20)17-11(2)13(4)19-14(5)12(17)3/h6-8,17,19H,1-5H3. The van der Waals surface area contributed by atoms with Gasteiger partial charge in [-0.05, 0) is 63.0 Å². The van der Waals surface area contributed by atoms with E-state index < -0.39 is 0 Å². The van der Waals surface area contributed by atoms with Crippen molar-refractivity contribution in [3.63, 3.8) is 0 Å². The number of aliphatic imine (C=N–C) groups is 1. The molecule has 104 valence electrons. The van der Waals surface area contributed by atoms with Gasteiger partial charge in [0.2, 0.25) is 6.08 Å². The highest BCUT2D eigenvalue weighted by Gasteiger charge is 2.23. The van der Waals surface area contributed by atoms with Crippen LogP contribution in [0.1, 0.15) is 44.7 Å². The van der Waals surface area contributed by atoms with Crippen LogP contribution in [0, 0.1) is 6.92 Å². The Kier molecular flexibility index (Phi) is 3.91. The summed E-state index contributed by atoms with van der Waals surface area (Å²) >= 11 is 0. The minimum Gasteiger partial charge on any atom is -0.363 e. The molecule has 2 rings (SSSR count). The summed E-state index contributed by atoms with van der Waals surface area (Å²) in [5.41, 5.74) is 7.85. The van der Waals surface area contributed by atoms with Crippen LogP contribution in [0.5, 0.6) is 0 Å². The Labute approximate surface area is 120 Å². The SMILES string of the molecule is CC1=C(C)C(c2ccc(C)c(N=C=O)c2)C(C)=C(C)N1. The fourth-order valence-corrected chi connectivity index (χ4v) is 2.71. The van der Waals surface area contributed by atoms with E-state index in [-0.39, 0.29) is 5.92 Å². The van der Waals surface area contributed by atoms with Crippen LogP contribution in [0.3, 0.4) is 0 Å². The van der Waals surface area contributed by atoms with E-state index in [1.165, 1.54) is 28.1 Å². The third-order valence-corrected chi connectivity index (χ3v) is 4.16. The zero-order chi connectivity index (χ0) is 14.9. The second-order valence-electron chi connectivity index (χ2n) is 5.42. The highest BCUT2D eigenvalue weighted by Crippen LogP contribution is 2.38. The lowest BCUT2D eigenvalue weighted by molar-refractivity contribution is 0.565. The molecule has 1 aliphatic rings. The molecule has 0 aliphatic carbocycles. The summed E-state index contributed by atoms with van der Waals surface area (Å²) in [7, 11) is 0. The number of hydrogen-bond acceptors (Lipinski definition) is 3. The average Bonchev–Trinajstić information content (AvgIpc) is 2.40. The summed E-state index contributed by atoms with van der Waals surface area (Å²) < 4.78 is 0. The lowest BCUT2D eigenvalue weighted by atomic mass is 9.82. The van der Waals surface area contributed by atoms with E-state index in [9.17, 15) is 4.79 Å². The van der Waals surface area contributed by atoms with E-state index >= 15 is 0 Å². The zero-order valence-corrected chi connectivity index (χ0v) is 12.7. The first kappa shape index (κ1) is 14.3. The molecule has 1 aromatic carbocycles. The predicted octanol–water partition coefficient (Wildman–Crippen LogP) is 4.24. The third-order valence-electron chi connectivity index (χ3n) is 4.16. The summed E-state index contributed by atoms with van der Waals surface area (Å²) in [6.07, 6.45) is 1.63. The predicted molar refractivity (Wildman–Crippen MR) is 81.6 cm³/mol. The Morgan fingerprint density at radius 2 is 1.65 bits per heavy atom. The number of nitrogens with zero attached hydrogens (tertiary/aromatic N) is 1. The van der Waals surface area contributed by atoms with Crippen molar-refractivity contribution >= 4 is 11.8 Å². The van der Waals surface area contributed by atoms with E-state index in [1.807, 2.05) is 19.1 Å². The largest absolute Gasteiger partial charge is 0.363 e. The first-order chi connectivity index (χ1) is 9.45. The van der Waals surface area contributed by atoms with Gasteiger partial charge in [0, 0.05) is 17.3 Å². The van der Waals surface area contributed by atoms with Gasteiger partial charge < -0.3 is 5.32 Å². The second kappa shape index (κ2) is 5.48. The van der Waals surface area contributed by atoms with Gasteiger partial charge in [-0.1, -0.05) is 12.1 Å². The molecule has 0 radical (unpaired) electrons. The van der Waals surface area contributed by atoms with Crippen LogP contribution in [0.4, 0.5) is 5.69 Å². The maximum atomic E-state index is 10.5. The van der Waals surface area contributed by atoms with Crippen LogP contribution in [0.15, 0.2) is 45.7 Å². The summed E-state index contributed by atoms with van der Waals surface area (Å²) in [6.45, 7) is 10.4. The number of carbonyl (C=O) groups excluding carboxylic acids is 1. The Morgan fingerprint density at radius 3 is 2.20 bits per heavy atom. The molecule has 3 heteroatoms. The first-order valence-electron chi connectivity index (χ1n) is 6.76. The molecule has 0 fully saturated rings. The monoisotopic (exact) mass is 268 g/mol. The van der Waals surface area contributed by atoms with Gasteiger partial charge in [-0.3, -0.25) is 0 Å². The highest BCUT2D eigenvalue weighted by molar-refractivity contribution is 5.57. The van der Waals surface area contributed by atoms with Gasteiger partial charge in [0.05, 0.1) is 5.69 Å². The minimum atomic E-state index is 0.248. The Balaban J connectivity index is 2.57. The summed E-state index contributed by atoms with van der Waals surface area (Å²) in [5.74, 6) is 0.248. The number of benzene rings is 1. The Morgan fingerprint density at radius 1 is 1.05 bits per heavy atom. The van der Waals surface area contributed by atoms with Gasteiger partial charge in [0.25, 0.3) is 0 Å². The number of aryl methyl sites for hydroxylation is 1. The molecule has 0 spiro atoms. The van der Waals surface area contributed by atoms with E-state index in [0.717, 1.165) is 5.56 Å². The molecule has 1 aromatic rings. The molecule has 0 saturated heterocycles. The molecular formula is C17H20N2O. The van der Waals surface area contributed by atoms with Crippen LogP contribution in [-0.4, -0.2) is 6.08 Å². The van der Waals surface area contributed by atoms with E-state index in [4.69, 9.17) is 0 Å². The lowest BCUT2D eigenvalue weighted by Crippen LogP contribution is -2.22. The van der Waals surface area contributed by atoms with Crippen molar-refractivity contribution in [2.75, 3.05) is 0 Å². The molecule has 0 aromatic heterocycles.